The van der Waals surface area contributed by atoms with Crippen LogP contribution in [0.1, 0.15) is 34.5 Å². The monoisotopic (exact) mass is 506 g/mol. The summed E-state index contributed by atoms with van der Waals surface area (Å²) in [4.78, 5) is 51.1. The molecule has 1 fully saturated rings. The van der Waals surface area contributed by atoms with E-state index < -0.39 is 13.2 Å². The van der Waals surface area contributed by atoms with Gasteiger partial charge in [0.25, 0.3) is 5.56 Å². The summed E-state index contributed by atoms with van der Waals surface area (Å²) >= 11 is 1.34. The molecule has 2 N–H and O–H groups in total. The van der Waals surface area contributed by atoms with E-state index in [9.17, 15) is 14.2 Å². The molecule has 1 aliphatic heterocycles. The minimum absolute atomic E-state index is 0.0910. The van der Waals surface area contributed by atoms with Gasteiger partial charge in [-0.3, -0.25) is 14.2 Å². The number of hydrogen-bond donors (Lipinski definition) is 2. The van der Waals surface area contributed by atoms with Gasteiger partial charge in [0.2, 0.25) is 5.88 Å². The maximum Gasteiger partial charge on any atom is 0.325 e. The van der Waals surface area contributed by atoms with Crippen molar-refractivity contribution in [2.45, 2.75) is 32.7 Å². The number of anilines is 1. The van der Waals surface area contributed by atoms with E-state index in [-0.39, 0.29) is 35.7 Å². The number of ether oxygens (including phenoxy) is 1. The number of hydrogen-bond acceptors (Lipinski definition) is 8. The van der Waals surface area contributed by atoms with Gasteiger partial charge in [-0.15, -0.1) is 11.3 Å². The molecule has 0 amide bonds. The minimum Gasteiger partial charge on any atom is -0.480 e. The Kier molecular flexibility index (Phi) is 7.18. The van der Waals surface area contributed by atoms with Crippen LogP contribution in [0.4, 0.5) is 5.82 Å². The number of thiophene rings is 1. The maximum absolute atomic E-state index is 13.1. The molecule has 0 atom stereocenters. The van der Waals surface area contributed by atoms with Crippen LogP contribution in [0.25, 0.3) is 10.8 Å². The van der Waals surface area contributed by atoms with Crippen molar-refractivity contribution in [3.63, 3.8) is 0 Å². The second-order valence-corrected chi connectivity index (χ2v) is 11.3. The molecular formula is C22H27N4O6PS. The lowest BCUT2D eigenvalue weighted by Gasteiger charge is -2.33. The largest absolute Gasteiger partial charge is 0.480 e. The van der Waals surface area contributed by atoms with Gasteiger partial charge < -0.3 is 19.4 Å². The van der Waals surface area contributed by atoms with Crippen molar-refractivity contribution in [2.75, 3.05) is 31.3 Å². The second-order valence-electron chi connectivity index (χ2n) is 8.58. The highest BCUT2D eigenvalue weighted by atomic mass is 32.1. The van der Waals surface area contributed by atoms with Crippen LogP contribution in [0.5, 0.6) is 5.88 Å². The highest BCUT2D eigenvalue weighted by molar-refractivity contribution is 7.51. The molecule has 0 unspecified atom stereocenters. The molecular weight excluding hydrogens is 479 g/mol. The molecule has 0 spiro atoms. The van der Waals surface area contributed by atoms with Crippen molar-refractivity contribution >= 4 is 41.3 Å². The number of ketones is 1. The number of rotatable bonds is 8. The second kappa shape index (κ2) is 9.95. The molecule has 12 heteroatoms. The number of aromatic nitrogens is 3. The number of piperidine rings is 1. The van der Waals surface area contributed by atoms with Gasteiger partial charge in [0, 0.05) is 18.5 Å². The molecule has 34 heavy (non-hydrogen) atoms. The molecule has 182 valence electrons. The first kappa shape index (κ1) is 24.5. The maximum atomic E-state index is 13.1. The fourth-order valence-corrected chi connectivity index (χ4v) is 5.70. The molecule has 0 radical (unpaired) electrons. The molecule has 1 saturated heterocycles. The molecule has 4 heterocycles. The first-order valence-corrected chi connectivity index (χ1v) is 13.6. The number of carbonyl (C=O) groups is 1. The van der Waals surface area contributed by atoms with Gasteiger partial charge in [-0.05, 0) is 55.2 Å². The Balaban J connectivity index is 1.54. The van der Waals surface area contributed by atoms with Crippen LogP contribution >= 0.6 is 18.9 Å². The first-order valence-electron chi connectivity index (χ1n) is 11.0. The number of nitrogens with zero attached hydrogens (tertiary/aromatic N) is 4. The Bertz CT molecular complexity index is 1310. The summed E-state index contributed by atoms with van der Waals surface area (Å²) in [6.45, 7) is 3.12. The predicted molar refractivity (Wildman–Crippen MR) is 130 cm³/mol. The molecule has 3 aromatic heterocycles. The quantitative estimate of drug-likeness (QED) is 0.349. The van der Waals surface area contributed by atoms with Crippen molar-refractivity contribution in [2.24, 2.45) is 5.92 Å². The lowest BCUT2D eigenvalue weighted by atomic mass is 9.94. The van der Waals surface area contributed by atoms with Crippen LogP contribution in [-0.4, -0.2) is 56.7 Å². The Morgan fingerprint density at radius 1 is 1.29 bits per heavy atom. The Hall–Kier alpha value is -2.59. The topological polar surface area (TPSA) is 135 Å². The predicted octanol–water partition coefficient (Wildman–Crippen LogP) is 2.84. The van der Waals surface area contributed by atoms with E-state index in [4.69, 9.17) is 14.5 Å². The van der Waals surface area contributed by atoms with E-state index >= 15 is 0 Å². The van der Waals surface area contributed by atoms with Crippen molar-refractivity contribution in [1.29, 1.82) is 0 Å². The van der Waals surface area contributed by atoms with Crippen LogP contribution in [0.2, 0.25) is 0 Å². The van der Waals surface area contributed by atoms with Gasteiger partial charge in [-0.1, -0.05) is 0 Å². The van der Waals surface area contributed by atoms with E-state index in [1.54, 1.807) is 18.3 Å². The average molecular weight is 507 g/mol. The summed E-state index contributed by atoms with van der Waals surface area (Å²) in [6, 6.07) is 3.58. The number of pyridine rings is 1. The molecule has 3 aromatic rings. The molecule has 0 aliphatic carbocycles. The van der Waals surface area contributed by atoms with Gasteiger partial charge in [0.15, 0.2) is 5.78 Å². The van der Waals surface area contributed by atoms with Gasteiger partial charge >= 0.3 is 7.60 Å². The summed E-state index contributed by atoms with van der Waals surface area (Å²) in [5.41, 5.74) is 0.558. The summed E-state index contributed by atoms with van der Waals surface area (Å²) < 4.78 is 17.7. The summed E-state index contributed by atoms with van der Waals surface area (Å²) in [5.74, 6) is 0.903. The van der Waals surface area contributed by atoms with Crippen molar-refractivity contribution in [3.05, 3.63) is 44.5 Å². The van der Waals surface area contributed by atoms with Crippen LogP contribution < -0.4 is 15.2 Å². The van der Waals surface area contributed by atoms with E-state index in [2.05, 4.69) is 15.0 Å². The van der Waals surface area contributed by atoms with Crippen molar-refractivity contribution in [3.8, 4) is 5.88 Å². The number of methoxy groups -OCH3 is 1. The molecule has 4 rings (SSSR count). The zero-order valence-electron chi connectivity index (χ0n) is 19.0. The van der Waals surface area contributed by atoms with Crippen LogP contribution in [0.3, 0.4) is 0 Å². The zero-order valence-corrected chi connectivity index (χ0v) is 20.7. The normalized spacial score (nSPS) is 15.1. The van der Waals surface area contributed by atoms with Gasteiger partial charge in [0.1, 0.15) is 17.7 Å². The highest BCUT2D eigenvalue weighted by Gasteiger charge is 2.25. The van der Waals surface area contributed by atoms with Crippen LogP contribution in [0.15, 0.2) is 28.5 Å². The Morgan fingerprint density at radius 2 is 2.03 bits per heavy atom. The average Bonchev–Trinajstić information content (AvgIpc) is 3.25. The lowest BCUT2D eigenvalue weighted by molar-refractivity contribution is 0.0969. The van der Waals surface area contributed by atoms with Crippen LogP contribution in [-0.2, 0) is 11.1 Å². The first-order chi connectivity index (χ1) is 16.1. The summed E-state index contributed by atoms with van der Waals surface area (Å²) in [6.07, 6.45) is 3.55. The third kappa shape index (κ3) is 5.55. The Labute approximate surface area is 200 Å². The third-order valence-corrected chi connectivity index (χ3v) is 7.98. The number of fused-ring (bicyclic) bond motifs is 1. The van der Waals surface area contributed by atoms with Crippen molar-refractivity contribution in [1.82, 2.24) is 14.8 Å². The molecule has 1 aliphatic rings. The molecule has 0 bridgehead atoms. The van der Waals surface area contributed by atoms with E-state index in [0.29, 0.717) is 35.6 Å². The number of aryl methyl sites for hydroxylation is 1. The molecule has 10 nitrogen and oxygen atoms in total. The van der Waals surface area contributed by atoms with Gasteiger partial charge in [-0.2, -0.15) is 10.1 Å². The Morgan fingerprint density at radius 3 is 2.65 bits per heavy atom. The van der Waals surface area contributed by atoms with E-state index in [1.165, 1.54) is 18.4 Å². The van der Waals surface area contributed by atoms with Crippen LogP contribution in [0, 0.1) is 12.8 Å². The summed E-state index contributed by atoms with van der Waals surface area (Å²) in [5, 5.41) is 6.95. The number of carbonyl (C=O) groups excluding carboxylic acids is 1. The SMILES string of the molecule is COc1nc(N2CCC(CCP(=O)(O)O)CC2)cc2cnn(CC(=O)c3cc(C)cs3)c(=O)c12. The minimum atomic E-state index is -3.98. The smallest absolute Gasteiger partial charge is 0.325 e. The summed E-state index contributed by atoms with van der Waals surface area (Å²) in [7, 11) is -2.53. The fraction of sp³-hybridized carbons (Fsp3) is 0.455. The van der Waals surface area contributed by atoms with E-state index in [1.807, 2.05) is 12.3 Å². The highest BCUT2D eigenvalue weighted by Crippen LogP contribution is 2.38. The standard InChI is InChI=1S/C22H27N4O6PS/c1-14-9-18(34-13-14)17(27)12-26-22(28)20-16(11-23-26)10-19(24-21(20)32-2)25-6-3-15(4-7-25)5-8-33(29,30)31/h9-11,13,15H,3-8,12H2,1-2H3,(H2,29,30,31). The zero-order chi connectivity index (χ0) is 24.5. The van der Waals surface area contributed by atoms with Gasteiger partial charge in [-0.25, -0.2) is 4.68 Å². The van der Waals surface area contributed by atoms with Crippen molar-refractivity contribution < 1.29 is 23.9 Å². The number of Topliss-reactive ketones (excluding diaryl/α,β-unsaturated/α-hetero) is 1. The lowest BCUT2D eigenvalue weighted by Crippen LogP contribution is -2.34. The fourth-order valence-electron chi connectivity index (χ4n) is 4.17. The van der Waals surface area contributed by atoms with Gasteiger partial charge in [0.05, 0.1) is 24.3 Å². The van der Waals surface area contributed by atoms with E-state index in [0.717, 1.165) is 23.1 Å². The third-order valence-electron chi connectivity index (χ3n) is 6.05. The molecule has 0 aromatic carbocycles. The molecule has 0 saturated carbocycles.